The van der Waals surface area contributed by atoms with Crippen molar-refractivity contribution >= 4 is 0 Å². The number of ether oxygens (including phenoxy) is 2. The molecule has 0 aromatic heterocycles. The summed E-state index contributed by atoms with van der Waals surface area (Å²) in [5, 5.41) is 9.77. The molecular weight excluding hydrogens is 252 g/mol. The first-order valence-electron chi connectivity index (χ1n) is 7.68. The lowest BCUT2D eigenvalue weighted by molar-refractivity contribution is -0.151. The molecule has 2 aliphatic rings. The highest BCUT2D eigenvalue weighted by Gasteiger charge is 2.47. The van der Waals surface area contributed by atoms with E-state index < -0.39 is 0 Å². The highest BCUT2D eigenvalue weighted by atomic mass is 16.5. The molecule has 0 saturated carbocycles. The lowest BCUT2D eigenvalue weighted by atomic mass is 9.75. The fourth-order valence-electron chi connectivity index (χ4n) is 3.63. The zero-order valence-electron chi connectivity index (χ0n) is 12.6. The van der Waals surface area contributed by atoms with Crippen LogP contribution in [0.2, 0.25) is 0 Å². The van der Waals surface area contributed by atoms with E-state index in [1.54, 1.807) is 12.1 Å². The number of fused-ring (bicyclic) bond motifs is 3. The van der Waals surface area contributed by atoms with Gasteiger partial charge in [0.2, 0.25) is 0 Å². The van der Waals surface area contributed by atoms with Gasteiger partial charge in [-0.05, 0) is 51.3 Å². The van der Waals surface area contributed by atoms with Gasteiger partial charge in [0.1, 0.15) is 17.1 Å². The summed E-state index contributed by atoms with van der Waals surface area (Å²) in [6.45, 7) is 6.48. The topological polar surface area (TPSA) is 38.7 Å². The summed E-state index contributed by atoms with van der Waals surface area (Å²) in [5.41, 5.74) is 0.793. The first-order chi connectivity index (χ1) is 9.51. The van der Waals surface area contributed by atoms with Crippen molar-refractivity contribution in [3.63, 3.8) is 0 Å². The molecule has 3 rings (SSSR count). The Hall–Kier alpha value is -1.22. The zero-order chi connectivity index (χ0) is 14.3. The van der Waals surface area contributed by atoms with Gasteiger partial charge in [-0.25, -0.2) is 0 Å². The van der Waals surface area contributed by atoms with E-state index in [9.17, 15) is 5.11 Å². The number of benzene rings is 1. The number of hydrogen-bond acceptors (Lipinski definition) is 3. The molecule has 110 valence electrons. The second-order valence-corrected chi connectivity index (χ2v) is 6.58. The first kappa shape index (κ1) is 13.7. The van der Waals surface area contributed by atoms with E-state index in [0.29, 0.717) is 12.0 Å². The number of phenolic OH excluding ortho intramolecular Hbond substituents is 1. The van der Waals surface area contributed by atoms with Crippen molar-refractivity contribution in [2.45, 2.75) is 64.3 Å². The molecule has 3 heteroatoms. The summed E-state index contributed by atoms with van der Waals surface area (Å²) >= 11 is 0. The summed E-state index contributed by atoms with van der Waals surface area (Å²) in [7, 11) is 0. The SMILES string of the molecule is CCC[C@@H]1CC[C@@H]2[C@@H](O1)c1cc(O)ccc1OC2(C)C. The second-order valence-electron chi connectivity index (χ2n) is 6.58. The minimum atomic E-state index is -0.216. The Morgan fingerprint density at radius 3 is 2.85 bits per heavy atom. The molecule has 0 unspecified atom stereocenters. The Bertz CT molecular complexity index is 495. The molecule has 1 aromatic rings. The monoisotopic (exact) mass is 276 g/mol. The Kier molecular flexibility index (Phi) is 3.41. The minimum absolute atomic E-state index is 0.0474. The second kappa shape index (κ2) is 4.96. The maximum atomic E-state index is 9.77. The molecule has 1 N–H and O–H groups in total. The molecule has 20 heavy (non-hydrogen) atoms. The normalized spacial score (nSPS) is 31.1. The number of phenols is 1. The first-order valence-corrected chi connectivity index (χ1v) is 7.68. The van der Waals surface area contributed by atoms with E-state index in [-0.39, 0.29) is 17.5 Å². The van der Waals surface area contributed by atoms with E-state index in [1.807, 2.05) is 6.07 Å². The van der Waals surface area contributed by atoms with Gasteiger partial charge in [0.05, 0.1) is 12.2 Å². The molecule has 0 aliphatic carbocycles. The van der Waals surface area contributed by atoms with Crippen LogP contribution in [-0.4, -0.2) is 16.8 Å². The van der Waals surface area contributed by atoms with Crippen LogP contribution in [-0.2, 0) is 4.74 Å². The average molecular weight is 276 g/mol. The minimum Gasteiger partial charge on any atom is -0.508 e. The van der Waals surface area contributed by atoms with E-state index >= 15 is 0 Å². The smallest absolute Gasteiger partial charge is 0.126 e. The summed E-state index contributed by atoms with van der Waals surface area (Å²) in [6.07, 6.45) is 4.87. The maximum absolute atomic E-state index is 9.77. The highest BCUT2D eigenvalue weighted by molar-refractivity contribution is 5.44. The van der Waals surface area contributed by atoms with Crippen LogP contribution in [0.5, 0.6) is 11.5 Å². The Balaban J connectivity index is 1.97. The van der Waals surface area contributed by atoms with Crippen molar-refractivity contribution in [1.82, 2.24) is 0 Å². The van der Waals surface area contributed by atoms with Gasteiger partial charge in [0, 0.05) is 11.5 Å². The maximum Gasteiger partial charge on any atom is 0.126 e. The van der Waals surface area contributed by atoms with Crippen LogP contribution in [0.25, 0.3) is 0 Å². The van der Waals surface area contributed by atoms with Crippen LogP contribution < -0.4 is 4.74 Å². The third-order valence-corrected chi connectivity index (χ3v) is 4.68. The fraction of sp³-hybridized carbons (Fsp3) is 0.647. The van der Waals surface area contributed by atoms with Crippen LogP contribution in [0.15, 0.2) is 18.2 Å². The molecule has 1 saturated heterocycles. The number of rotatable bonds is 2. The highest BCUT2D eigenvalue weighted by Crippen LogP contribution is 2.51. The van der Waals surface area contributed by atoms with Gasteiger partial charge in [0.25, 0.3) is 0 Å². The number of hydrogen-bond donors (Lipinski definition) is 1. The van der Waals surface area contributed by atoms with E-state index in [0.717, 1.165) is 37.0 Å². The Morgan fingerprint density at radius 2 is 2.10 bits per heavy atom. The van der Waals surface area contributed by atoms with Gasteiger partial charge in [0.15, 0.2) is 0 Å². The van der Waals surface area contributed by atoms with Crippen molar-refractivity contribution in [2.24, 2.45) is 5.92 Å². The molecule has 2 aliphatic heterocycles. The quantitative estimate of drug-likeness (QED) is 0.879. The van der Waals surface area contributed by atoms with Gasteiger partial charge in [-0.2, -0.15) is 0 Å². The van der Waals surface area contributed by atoms with Crippen molar-refractivity contribution in [2.75, 3.05) is 0 Å². The largest absolute Gasteiger partial charge is 0.508 e. The van der Waals surface area contributed by atoms with Gasteiger partial charge in [-0.1, -0.05) is 13.3 Å². The predicted molar refractivity (Wildman–Crippen MR) is 78.1 cm³/mol. The van der Waals surface area contributed by atoms with Crippen LogP contribution in [0.1, 0.15) is 58.1 Å². The zero-order valence-corrected chi connectivity index (χ0v) is 12.6. The molecule has 2 heterocycles. The Morgan fingerprint density at radius 1 is 1.30 bits per heavy atom. The molecule has 0 radical (unpaired) electrons. The molecule has 0 spiro atoms. The van der Waals surface area contributed by atoms with E-state index in [2.05, 4.69) is 20.8 Å². The van der Waals surface area contributed by atoms with Crippen molar-refractivity contribution in [3.05, 3.63) is 23.8 Å². The van der Waals surface area contributed by atoms with Crippen LogP contribution >= 0.6 is 0 Å². The summed E-state index contributed by atoms with van der Waals surface area (Å²) in [6, 6.07) is 5.34. The summed E-state index contributed by atoms with van der Waals surface area (Å²) in [5.74, 6) is 1.49. The third kappa shape index (κ3) is 2.28. The average Bonchev–Trinajstić information content (AvgIpc) is 2.40. The Labute approximate surface area is 120 Å². The fourth-order valence-corrected chi connectivity index (χ4v) is 3.63. The molecule has 1 fully saturated rings. The molecule has 0 amide bonds. The van der Waals surface area contributed by atoms with Crippen molar-refractivity contribution in [1.29, 1.82) is 0 Å². The molecule has 0 bridgehead atoms. The number of aromatic hydroxyl groups is 1. The lowest BCUT2D eigenvalue weighted by Crippen LogP contribution is -2.48. The van der Waals surface area contributed by atoms with Crippen LogP contribution in [0.3, 0.4) is 0 Å². The third-order valence-electron chi connectivity index (χ3n) is 4.68. The predicted octanol–water partition coefficient (Wildman–Crippen LogP) is 4.20. The van der Waals surface area contributed by atoms with Gasteiger partial charge >= 0.3 is 0 Å². The molecule has 3 nitrogen and oxygen atoms in total. The van der Waals surface area contributed by atoms with E-state index in [4.69, 9.17) is 9.47 Å². The molecular formula is C17H24O3. The standard InChI is InChI=1S/C17H24O3/c1-4-5-12-7-8-14-16(19-12)13-10-11(18)6-9-15(13)20-17(14,2)3/h6,9-10,12,14,16,18H,4-5,7-8H2,1-3H3/t12-,14-,16+/m1/s1. The van der Waals surface area contributed by atoms with Gasteiger partial charge in [-0.3, -0.25) is 0 Å². The van der Waals surface area contributed by atoms with Gasteiger partial charge < -0.3 is 14.6 Å². The summed E-state index contributed by atoms with van der Waals surface area (Å²) < 4.78 is 12.5. The molecule has 1 aromatic carbocycles. The van der Waals surface area contributed by atoms with Crippen molar-refractivity contribution < 1.29 is 14.6 Å². The lowest BCUT2D eigenvalue weighted by Gasteiger charge is -2.48. The van der Waals surface area contributed by atoms with Gasteiger partial charge in [-0.15, -0.1) is 0 Å². The van der Waals surface area contributed by atoms with Crippen molar-refractivity contribution in [3.8, 4) is 11.5 Å². The summed E-state index contributed by atoms with van der Waals surface area (Å²) in [4.78, 5) is 0. The molecule has 3 atom stereocenters. The van der Waals surface area contributed by atoms with Crippen LogP contribution in [0.4, 0.5) is 0 Å². The van der Waals surface area contributed by atoms with Crippen LogP contribution in [0, 0.1) is 5.92 Å². The van der Waals surface area contributed by atoms with E-state index in [1.165, 1.54) is 0 Å².